The summed E-state index contributed by atoms with van der Waals surface area (Å²) in [5.41, 5.74) is 5.00. The molecule has 18 heavy (non-hydrogen) atoms. The Morgan fingerprint density at radius 3 is 2.17 bits per heavy atom. The summed E-state index contributed by atoms with van der Waals surface area (Å²) in [6.45, 7) is 16.2. The van der Waals surface area contributed by atoms with Gasteiger partial charge in [-0.1, -0.05) is 79.0 Å². The smallest absolute Gasteiger partial charge is 0.126 e. The van der Waals surface area contributed by atoms with E-state index in [0.29, 0.717) is 5.04 Å². The molecule has 0 amide bonds. The van der Waals surface area contributed by atoms with Crippen LogP contribution in [0.4, 0.5) is 0 Å². The van der Waals surface area contributed by atoms with Crippen molar-refractivity contribution in [3.05, 3.63) is 11.6 Å². The van der Waals surface area contributed by atoms with Gasteiger partial charge in [-0.05, 0) is 23.5 Å². The van der Waals surface area contributed by atoms with Gasteiger partial charge < -0.3 is 0 Å². The molecule has 0 rings (SSSR count). The van der Waals surface area contributed by atoms with E-state index in [-0.39, 0.29) is 0 Å². The van der Waals surface area contributed by atoms with Gasteiger partial charge in [-0.3, -0.25) is 0 Å². The summed E-state index contributed by atoms with van der Waals surface area (Å²) < 4.78 is 0. The molecule has 1 heteroatoms. The molecule has 0 bridgehead atoms. The first-order valence-electron chi connectivity index (χ1n) is 7.46. The molecule has 0 heterocycles. The summed E-state index contributed by atoms with van der Waals surface area (Å²) in [5.74, 6) is 3.50. The molecule has 0 N–H and O–H groups in total. The highest BCUT2D eigenvalue weighted by atomic mass is 28.3. The van der Waals surface area contributed by atoms with Crippen molar-refractivity contribution in [1.29, 1.82) is 0 Å². The molecule has 0 radical (unpaired) electrons. The van der Waals surface area contributed by atoms with Gasteiger partial charge >= 0.3 is 0 Å². The minimum absolute atomic E-state index is 0.362. The SMILES string of the molecule is CCCC/C=C(/C#C[Si](C)(C)C(C)(C)C)CCC. The zero-order valence-electron chi connectivity index (χ0n) is 13.6. The topological polar surface area (TPSA) is 0 Å². The number of rotatable bonds is 5. The molecule has 104 valence electrons. The fourth-order valence-corrected chi connectivity index (χ4v) is 2.24. The average Bonchev–Trinajstić information content (AvgIpc) is 2.24. The highest BCUT2D eigenvalue weighted by Gasteiger charge is 2.33. The number of unbranched alkanes of at least 4 members (excludes halogenated alkanes) is 2. The van der Waals surface area contributed by atoms with Crippen LogP contribution in [0.3, 0.4) is 0 Å². The molecule has 0 fully saturated rings. The largest absolute Gasteiger partial charge is 0.138 e. The van der Waals surface area contributed by atoms with E-state index in [0.717, 1.165) is 6.42 Å². The molecule has 0 saturated carbocycles. The fraction of sp³-hybridized carbons (Fsp3) is 0.765. The van der Waals surface area contributed by atoms with Gasteiger partial charge in [-0.15, -0.1) is 5.54 Å². The Hall–Kier alpha value is -0.483. The van der Waals surface area contributed by atoms with Crippen LogP contribution in [0.25, 0.3) is 0 Å². The van der Waals surface area contributed by atoms with E-state index in [9.17, 15) is 0 Å². The molecule has 0 atom stereocenters. The first-order chi connectivity index (χ1) is 8.24. The second-order valence-electron chi connectivity index (χ2n) is 6.75. The van der Waals surface area contributed by atoms with Crippen molar-refractivity contribution in [2.75, 3.05) is 0 Å². The van der Waals surface area contributed by atoms with Crippen LogP contribution >= 0.6 is 0 Å². The second kappa shape index (κ2) is 7.84. The monoisotopic (exact) mass is 264 g/mol. The van der Waals surface area contributed by atoms with Crippen LogP contribution in [-0.4, -0.2) is 8.07 Å². The third-order valence-corrected chi connectivity index (χ3v) is 8.38. The van der Waals surface area contributed by atoms with E-state index >= 15 is 0 Å². The molecule has 0 aromatic rings. The van der Waals surface area contributed by atoms with Gasteiger partial charge in [0.25, 0.3) is 0 Å². The van der Waals surface area contributed by atoms with Crippen LogP contribution in [0.15, 0.2) is 11.6 Å². The third kappa shape index (κ3) is 6.45. The summed E-state index contributed by atoms with van der Waals surface area (Å²) in [6, 6.07) is 0. The maximum Gasteiger partial charge on any atom is 0.138 e. The first kappa shape index (κ1) is 17.5. The Kier molecular flexibility index (Phi) is 7.63. The number of hydrogen-bond donors (Lipinski definition) is 0. The van der Waals surface area contributed by atoms with Gasteiger partial charge in [0.1, 0.15) is 8.07 Å². The van der Waals surface area contributed by atoms with Crippen molar-refractivity contribution in [1.82, 2.24) is 0 Å². The maximum absolute atomic E-state index is 3.63. The molecule has 0 unspecified atom stereocenters. The van der Waals surface area contributed by atoms with E-state index in [1.165, 1.54) is 31.3 Å². The summed E-state index contributed by atoms with van der Waals surface area (Å²) in [7, 11) is -1.45. The Balaban J connectivity index is 4.84. The van der Waals surface area contributed by atoms with Crippen molar-refractivity contribution < 1.29 is 0 Å². The molecule has 0 saturated heterocycles. The molecular weight excluding hydrogens is 232 g/mol. The highest BCUT2D eigenvalue weighted by molar-refractivity contribution is 6.87. The lowest BCUT2D eigenvalue weighted by atomic mass is 10.1. The van der Waals surface area contributed by atoms with Gasteiger partial charge in [0.2, 0.25) is 0 Å². The Morgan fingerprint density at radius 2 is 1.72 bits per heavy atom. The molecule has 0 spiro atoms. The molecule has 0 aliphatic carbocycles. The molecule has 0 aliphatic heterocycles. The van der Waals surface area contributed by atoms with Crippen LogP contribution in [-0.2, 0) is 0 Å². The van der Waals surface area contributed by atoms with Gasteiger partial charge in [-0.2, -0.15) is 0 Å². The van der Waals surface area contributed by atoms with E-state index in [1.54, 1.807) is 0 Å². The minimum atomic E-state index is -1.45. The standard InChI is InChI=1S/C17H32Si/c1-8-10-11-13-16(12-9-2)14-15-18(6,7)17(3,4)5/h13H,8-12H2,1-7H3/b16-13+. The quantitative estimate of drug-likeness (QED) is 0.327. The predicted molar refractivity (Wildman–Crippen MR) is 87.5 cm³/mol. The van der Waals surface area contributed by atoms with Crippen molar-refractivity contribution >= 4 is 8.07 Å². The minimum Gasteiger partial charge on any atom is -0.126 e. The lowest BCUT2D eigenvalue weighted by Gasteiger charge is -2.31. The summed E-state index contributed by atoms with van der Waals surface area (Å²) in [5, 5.41) is 0.362. The summed E-state index contributed by atoms with van der Waals surface area (Å²) in [4.78, 5) is 0. The van der Waals surface area contributed by atoms with Gasteiger partial charge in [-0.25, -0.2) is 0 Å². The number of hydrogen-bond acceptors (Lipinski definition) is 0. The zero-order valence-corrected chi connectivity index (χ0v) is 14.6. The predicted octanol–water partition coefficient (Wildman–Crippen LogP) is 5.95. The van der Waals surface area contributed by atoms with Crippen molar-refractivity contribution in [2.45, 2.75) is 84.9 Å². The average molecular weight is 265 g/mol. The van der Waals surface area contributed by atoms with E-state index in [2.05, 4.69) is 65.3 Å². The van der Waals surface area contributed by atoms with Gasteiger partial charge in [0.05, 0.1) is 0 Å². The molecule has 0 aromatic carbocycles. The van der Waals surface area contributed by atoms with Crippen LogP contribution in [0.2, 0.25) is 18.1 Å². The lowest BCUT2D eigenvalue weighted by Crippen LogP contribution is -2.35. The molecular formula is C17H32Si. The van der Waals surface area contributed by atoms with E-state index in [1.807, 2.05) is 0 Å². The van der Waals surface area contributed by atoms with Crippen LogP contribution < -0.4 is 0 Å². The normalized spacial score (nSPS) is 13.2. The molecule has 0 aliphatic rings. The number of allylic oxidation sites excluding steroid dienone is 2. The Bertz CT molecular complexity index is 318. The van der Waals surface area contributed by atoms with Crippen molar-refractivity contribution in [3.8, 4) is 11.5 Å². The van der Waals surface area contributed by atoms with E-state index < -0.39 is 8.07 Å². The second-order valence-corrected chi connectivity index (χ2v) is 11.7. The zero-order chi connectivity index (χ0) is 14.2. The van der Waals surface area contributed by atoms with Crippen LogP contribution in [0.1, 0.15) is 66.7 Å². The molecule has 0 aromatic heterocycles. The maximum atomic E-state index is 3.63. The Morgan fingerprint density at radius 1 is 1.11 bits per heavy atom. The lowest BCUT2D eigenvalue weighted by molar-refractivity contribution is 0.731. The fourth-order valence-electron chi connectivity index (χ4n) is 1.39. The summed E-state index contributed by atoms with van der Waals surface area (Å²) in [6.07, 6.45) is 8.46. The van der Waals surface area contributed by atoms with Gasteiger partial charge in [0.15, 0.2) is 0 Å². The van der Waals surface area contributed by atoms with Crippen LogP contribution in [0.5, 0.6) is 0 Å². The van der Waals surface area contributed by atoms with Crippen LogP contribution in [0, 0.1) is 11.5 Å². The van der Waals surface area contributed by atoms with Crippen molar-refractivity contribution in [3.63, 3.8) is 0 Å². The third-order valence-electron chi connectivity index (χ3n) is 3.88. The Labute approximate surface area is 116 Å². The first-order valence-corrected chi connectivity index (χ1v) is 10.5. The highest BCUT2D eigenvalue weighted by Crippen LogP contribution is 2.35. The van der Waals surface area contributed by atoms with Gasteiger partial charge in [0, 0.05) is 0 Å². The molecule has 0 nitrogen and oxygen atoms in total. The summed E-state index contributed by atoms with van der Waals surface area (Å²) >= 11 is 0. The van der Waals surface area contributed by atoms with E-state index in [4.69, 9.17) is 0 Å². The van der Waals surface area contributed by atoms with Crippen molar-refractivity contribution in [2.24, 2.45) is 0 Å².